The molecule has 25 heavy (non-hydrogen) atoms. The van der Waals surface area contributed by atoms with Gasteiger partial charge in [-0.15, -0.1) is 0 Å². The Labute approximate surface area is 150 Å². The third-order valence-corrected chi connectivity index (χ3v) is 4.14. The summed E-state index contributed by atoms with van der Waals surface area (Å²) in [7, 11) is 0. The second-order valence-electron chi connectivity index (χ2n) is 7.62. The number of aromatic nitrogens is 2. The van der Waals surface area contributed by atoms with E-state index in [9.17, 15) is 4.79 Å². The Bertz CT molecular complexity index is 776. The van der Waals surface area contributed by atoms with Gasteiger partial charge in [0.15, 0.2) is 0 Å². The SMILES string of the molecule is CCc1ccc(-c2cnc(NC(=O)C(C)(C)C)c(C(C)C)c2)nc1N. The second kappa shape index (κ2) is 7.21. The van der Waals surface area contributed by atoms with Gasteiger partial charge in [0.2, 0.25) is 5.91 Å². The van der Waals surface area contributed by atoms with E-state index in [1.165, 1.54) is 0 Å². The first-order valence-corrected chi connectivity index (χ1v) is 8.70. The number of pyridine rings is 2. The summed E-state index contributed by atoms with van der Waals surface area (Å²) in [6.07, 6.45) is 2.59. The number of amides is 1. The van der Waals surface area contributed by atoms with E-state index in [1.807, 2.05) is 39.0 Å². The zero-order valence-electron chi connectivity index (χ0n) is 16.0. The van der Waals surface area contributed by atoms with E-state index >= 15 is 0 Å². The first kappa shape index (κ1) is 18.9. The lowest BCUT2D eigenvalue weighted by Crippen LogP contribution is -2.28. The average molecular weight is 340 g/mol. The van der Waals surface area contributed by atoms with Gasteiger partial charge in [0.1, 0.15) is 11.6 Å². The lowest BCUT2D eigenvalue weighted by atomic mass is 9.95. The minimum absolute atomic E-state index is 0.0516. The van der Waals surface area contributed by atoms with E-state index < -0.39 is 5.41 Å². The molecule has 0 fully saturated rings. The lowest BCUT2D eigenvalue weighted by molar-refractivity contribution is -0.123. The molecular formula is C20H28N4O. The Morgan fingerprint density at radius 3 is 2.48 bits per heavy atom. The Hall–Kier alpha value is -2.43. The van der Waals surface area contributed by atoms with Crippen molar-refractivity contribution in [3.63, 3.8) is 0 Å². The maximum atomic E-state index is 12.3. The Balaban J connectivity index is 2.42. The molecular weight excluding hydrogens is 312 g/mol. The molecule has 0 radical (unpaired) electrons. The quantitative estimate of drug-likeness (QED) is 0.864. The van der Waals surface area contributed by atoms with Crippen molar-refractivity contribution < 1.29 is 4.79 Å². The molecule has 0 aliphatic carbocycles. The number of aryl methyl sites for hydroxylation is 1. The van der Waals surface area contributed by atoms with E-state index in [0.717, 1.165) is 28.8 Å². The van der Waals surface area contributed by atoms with Gasteiger partial charge >= 0.3 is 0 Å². The monoisotopic (exact) mass is 340 g/mol. The number of nitrogens with two attached hydrogens (primary N) is 1. The van der Waals surface area contributed by atoms with Gasteiger partial charge in [0.25, 0.3) is 0 Å². The maximum Gasteiger partial charge on any atom is 0.230 e. The van der Waals surface area contributed by atoms with Crippen molar-refractivity contribution >= 4 is 17.5 Å². The summed E-state index contributed by atoms with van der Waals surface area (Å²) >= 11 is 0. The number of rotatable bonds is 4. The maximum absolute atomic E-state index is 12.3. The lowest BCUT2D eigenvalue weighted by Gasteiger charge is -2.20. The molecule has 5 nitrogen and oxygen atoms in total. The van der Waals surface area contributed by atoms with Crippen molar-refractivity contribution in [2.24, 2.45) is 5.41 Å². The van der Waals surface area contributed by atoms with Crippen LogP contribution in [0.25, 0.3) is 11.3 Å². The van der Waals surface area contributed by atoms with Crippen molar-refractivity contribution in [1.29, 1.82) is 0 Å². The molecule has 0 saturated carbocycles. The Morgan fingerprint density at radius 1 is 1.28 bits per heavy atom. The van der Waals surface area contributed by atoms with E-state index in [1.54, 1.807) is 6.20 Å². The van der Waals surface area contributed by atoms with Crippen LogP contribution in [0.2, 0.25) is 0 Å². The van der Waals surface area contributed by atoms with Crippen LogP contribution in [0.4, 0.5) is 11.6 Å². The number of anilines is 2. The van der Waals surface area contributed by atoms with Crippen molar-refractivity contribution in [3.8, 4) is 11.3 Å². The molecule has 134 valence electrons. The van der Waals surface area contributed by atoms with E-state index in [-0.39, 0.29) is 11.8 Å². The van der Waals surface area contributed by atoms with Gasteiger partial charge in [-0.25, -0.2) is 9.97 Å². The van der Waals surface area contributed by atoms with Crippen LogP contribution in [-0.2, 0) is 11.2 Å². The molecule has 2 aromatic rings. The van der Waals surface area contributed by atoms with Crippen LogP contribution in [0, 0.1) is 5.41 Å². The second-order valence-corrected chi connectivity index (χ2v) is 7.62. The van der Waals surface area contributed by atoms with Gasteiger partial charge in [-0.05, 0) is 35.6 Å². The van der Waals surface area contributed by atoms with E-state index in [4.69, 9.17) is 5.73 Å². The summed E-state index contributed by atoms with van der Waals surface area (Å²) in [5, 5.41) is 2.94. The van der Waals surface area contributed by atoms with Crippen molar-refractivity contribution in [2.45, 2.75) is 53.9 Å². The average Bonchev–Trinajstić information content (AvgIpc) is 2.54. The van der Waals surface area contributed by atoms with Gasteiger partial charge in [-0.3, -0.25) is 4.79 Å². The normalized spacial score (nSPS) is 11.6. The van der Waals surface area contributed by atoms with E-state index in [2.05, 4.69) is 36.1 Å². The van der Waals surface area contributed by atoms with Gasteiger partial charge in [0, 0.05) is 17.2 Å². The van der Waals surface area contributed by atoms with Crippen LogP contribution in [0.1, 0.15) is 58.6 Å². The highest BCUT2D eigenvalue weighted by atomic mass is 16.2. The third-order valence-electron chi connectivity index (χ3n) is 4.14. The number of hydrogen-bond donors (Lipinski definition) is 2. The number of nitrogens with zero attached hydrogens (tertiary/aromatic N) is 2. The van der Waals surface area contributed by atoms with Gasteiger partial charge in [-0.2, -0.15) is 0 Å². The summed E-state index contributed by atoms with van der Waals surface area (Å²) < 4.78 is 0. The largest absolute Gasteiger partial charge is 0.383 e. The van der Waals surface area contributed by atoms with Crippen molar-refractivity contribution in [3.05, 3.63) is 35.5 Å². The summed E-state index contributed by atoms with van der Waals surface area (Å²) in [5.74, 6) is 1.33. The number of nitrogen functional groups attached to an aromatic ring is 1. The highest BCUT2D eigenvalue weighted by Gasteiger charge is 2.23. The van der Waals surface area contributed by atoms with Crippen molar-refractivity contribution in [2.75, 3.05) is 11.1 Å². The fourth-order valence-corrected chi connectivity index (χ4v) is 2.42. The first-order valence-electron chi connectivity index (χ1n) is 8.70. The molecule has 0 saturated heterocycles. The smallest absolute Gasteiger partial charge is 0.230 e. The molecule has 1 amide bonds. The topological polar surface area (TPSA) is 80.9 Å². The zero-order chi connectivity index (χ0) is 18.8. The minimum Gasteiger partial charge on any atom is -0.383 e. The molecule has 0 unspecified atom stereocenters. The molecule has 0 bridgehead atoms. The molecule has 2 aromatic heterocycles. The summed E-state index contributed by atoms with van der Waals surface area (Å²) in [6, 6.07) is 6.00. The summed E-state index contributed by atoms with van der Waals surface area (Å²) in [5.41, 5.74) is 9.25. The molecule has 0 atom stereocenters. The Morgan fingerprint density at radius 2 is 1.96 bits per heavy atom. The molecule has 5 heteroatoms. The summed E-state index contributed by atoms with van der Waals surface area (Å²) in [6.45, 7) is 11.9. The molecule has 0 aromatic carbocycles. The standard InChI is InChI=1S/C20H28N4O/c1-7-13-8-9-16(23-17(13)21)14-10-15(12(2)3)18(22-11-14)24-19(25)20(4,5)6/h8-12H,7H2,1-6H3,(H2,21,23)(H,22,24,25). The van der Waals surface area contributed by atoms with Gasteiger partial charge in [0.05, 0.1) is 5.69 Å². The molecule has 0 spiro atoms. The fraction of sp³-hybridized carbons (Fsp3) is 0.450. The number of carbonyl (C=O) groups excluding carboxylic acids is 1. The van der Waals surface area contributed by atoms with E-state index in [0.29, 0.717) is 11.6 Å². The molecule has 3 N–H and O–H groups in total. The molecule has 2 rings (SSSR count). The third kappa shape index (κ3) is 4.35. The number of hydrogen-bond acceptors (Lipinski definition) is 4. The van der Waals surface area contributed by atoms with Gasteiger partial charge in [-0.1, -0.05) is 47.6 Å². The fourth-order valence-electron chi connectivity index (χ4n) is 2.42. The number of nitrogens with one attached hydrogen (secondary N) is 1. The predicted molar refractivity (Wildman–Crippen MR) is 103 cm³/mol. The molecule has 0 aliphatic heterocycles. The summed E-state index contributed by atoms with van der Waals surface area (Å²) in [4.78, 5) is 21.3. The highest BCUT2D eigenvalue weighted by Crippen LogP contribution is 2.29. The van der Waals surface area contributed by atoms with Crippen LogP contribution in [-0.4, -0.2) is 15.9 Å². The Kier molecular flexibility index (Phi) is 5.45. The molecule has 0 aliphatic rings. The minimum atomic E-state index is -0.472. The van der Waals surface area contributed by atoms with Crippen molar-refractivity contribution in [1.82, 2.24) is 9.97 Å². The van der Waals surface area contributed by atoms with Crippen LogP contribution in [0.5, 0.6) is 0 Å². The van der Waals surface area contributed by atoms with Crippen LogP contribution in [0.3, 0.4) is 0 Å². The van der Waals surface area contributed by atoms with Gasteiger partial charge < -0.3 is 11.1 Å². The zero-order valence-corrected chi connectivity index (χ0v) is 16.0. The molecule has 2 heterocycles. The van der Waals surface area contributed by atoms with Crippen LogP contribution >= 0.6 is 0 Å². The van der Waals surface area contributed by atoms with Crippen LogP contribution < -0.4 is 11.1 Å². The highest BCUT2D eigenvalue weighted by molar-refractivity contribution is 5.94. The predicted octanol–water partition coefficient (Wildman–Crippen LogP) is 4.40. The number of carbonyl (C=O) groups is 1. The van der Waals surface area contributed by atoms with Crippen LogP contribution in [0.15, 0.2) is 24.4 Å². The first-order chi connectivity index (χ1) is 11.6.